The average Bonchev–Trinajstić information content (AvgIpc) is 2.90. The lowest BCUT2D eigenvalue weighted by Crippen LogP contribution is -2.29. The Hall–Kier alpha value is -0.200. The van der Waals surface area contributed by atoms with E-state index in [1.807, 2.05) is 0 Å². The van der Waals surface area contributed by atoms with E-state index in [1.54, 1.807) is 22.7 Å². The lowest BCUT2D eigenvalue weighted by atomic mass is 10.1. The maximum atomic E-state index is 5.95. The van der Waals surface area contributed by atoms with Gasteiger partial charge < -0.3 is 5.73 Å². The van der Waals surface area contributed by atoms with E-state index in [1.165, 1.54) is 15.3 Å². The van der Waals surface area contributed by atoms with Crippen LogP contribution in [0.1, 0.15) is 21.4 Å². The minimum atomic E-state index is 0.311. The zero-order valence-electron chi connectivity index (χ0n) is 10.5. The van der Waals surface area contributed by atoms with Crippen LogP contribution in [-0.4, -0.2) is 18.5 Å². The second-order valence-electron chi connectivity index (χ2n) is 4.37. The molecule has 0 aliphatic carbocycles. The smallest absolute Gasteiger partial charge is 0.0567 e. The quantitative estimate of drug-likeness (QED) is 0.887. The van der Waals surface area contributed by atoms with Crippen LogP contribution in [-0.2, 0) is 6.54 Å². The van der Waals surface area contributed by atoms with Gasteiger partial charge in [-0.15, -0.1) is 22.7 Å². The van der Waals surface area contributed by atoms with Crippen LogP contribution < -0.4 is 5.73 Å². The van der Waals surface area contributed by atoms with Gasteiger partial charge in [0.25, 0.3) is 0 Å². The van der Waals surface area contributed by atoms with Crippen molar-refractivity contribution in [2.45, 2.75) is 19.5 Å². The third-order valence-electron chi connectivity index (χ3n) is 2.99. The molecule has 0 saturated carbocycles. The predicted molar refractivity (Wildman–Crippen MR) is 84.3 cm³/mol. The number of hydrogen-bond donors (Lipinski definition) is 1. The summed E-state index contributed by atoms with van der Waals surface area (Å²) < 4.78 is 1.16. The van der Waals surface area contributed by atoms with E-state index < -0.39 is 0 Å². The first-order valence-corrected chi connectivity index (χ1v) is 8.34. The zero-order chi connectivity index (χ0) is 13.1. The van der Waals surface area contributed by atoms with Crippen molar-refractivity contribution in [3.63, 3.8) is 0 Å². The van der Waals surface area contributed by atoms with Crippen molar-refractivity contribution < 1.29 is 0 Å². The van der Waals surface area contributed by atoms with Crippen molar-refractivity contribution in [3.8, 4) is 0 Å². The third kappa shape index (κ3) is 3.22. The van der Waals surface area contributed by atoms with E-state index >= 15 is 0 Å². The largest absolute Gasteiger partial charge is 0.329 e. The number of halogens is 1. The number of nitrogens with zero attached hydrogens (tertiary/aromatic N) is 1. The first-order chi connectivity index (χ1) is 8.61. The summed E-state index contributed by atoms with van der Waals surface area (Å²) >= 11 is 7.08. The Bertz CT molecular complexity index is 507. The van der Waals surface area contributed by atoms with Crippen LogP contribution >= 0.6 is 38.6 Å². The van der Waals surface area contributed by atoms with Crippen LogP contribution in [0.5, 0.6) is 0 Å². The fourth-order valence-corrected chi connectivity index (χ4v) is 4.63. The van der Waals surface area contributed by atoms with Gasteiger partial charge in [-0.1, -0.05) is 0 Å². The van der Waals surface area contributed by atoms with Gasteiger partial charge in [-0.05, 0) is 53.0 Å². The molecule has 98 valence electrons. The Kier molecular flexibility index (Phi) is 4.98. The van der Waals surface area contributed by atoms with Gasteiger partial charge in [-0.2, -0.15) is 0 Å². The summed E-state index contributed by atoms with van der Waals surface area (Å²) in [5.41, 5.74) is 7.29. The second kappa shape index (κ2) is 6.30. The van der Waals surface area contributed by atoms with E-state index in [0.717, 1.165) is 11.0 Å². The van der Waals surface area contributed by atoms with E-state index in [2.05, 4.69) is 57.7 Å². The summed E-state index contributed by atoms with van der Waals surface area (Å²) in [4.78, 5) is 5.07. The maximum Gasteiger partial charge on any atom is 0.0567 e. The molecular formula is C13H17BrN2S2. The lowest BCUT2D eigenvalue weighted by Gasteiger charge is -2.26. The molecule has 0 bridgehead atoms. The average molecular weight is 345 g/mol. The van der Waals surface area contributed by atoms with Crippen LogP contribution in [0.4, 0.5) is 0 Å². The van der Waals surface area contributed by atoms with E-state index in [4.69, 9.17) is 5.73 Å². The van der Waals surface area contributed by atoms with Gasteiger partial charge in [0.05, 0.1) is 6.04 Å². The minimum Gasteiger partial charge on any atom is -0.329 e. The van der Waals surface area contributed by atoms with Gasteiger partial charge >= 0.3 is 0 Å². The number of likely N-dealkylation sites (N-methyl/N-ethyl adjacent to an activating group) is 1. The summed E-state index contributed by atoms with van der Waals surface area (Å²) in [6.07, 6.45) is 0. The number of nitrogens with two attached hydrogens (primary N) is 1. The molecule has 2 heterocycles. The summed E-state index contributed by atoms with van der Waals surface area (Å²) in [5, 5.41) is 4.26. The Labute approximate surface area is 125 Å². The highest BCUT2D eigenvalue weighted by atomic mass is 79.9. The molecule has 2 nitrogen and oxygen atoms in total. The summed E-state index contributed by atoms with van der Waals surface area (Å²) in [6.45, 7) is 3.75. The molecule has 0 amide bonds. The van der Waals surface area contributed by atoms with Crippen molar-refractivity contribution >= 4 is 38.6 Å². The molecule has 0 spiro atoms. The van der Waals surface area contributed by atoms with Crippen molar-refractivity contribution in [1.82, 2.24) is 4.90 Å². The molecule has 1 atom stereocenters. The van der Waals surface area contributed by atoms with Crippen LogP contribution in [0.3, 0.4) is 0 Å². The molecule has 2 rings (SSSR count). The molecule has 1 unspecified atom stereocenters. The lowest BCUT2D eigenvalue weighted by molar-refractivity contribution is 0.246. The molecule has 0 aliphatic rings. The first-order valence-electron chi connectivity index (χ1n) is 5.79. The normalized spacial score (nSPS) is 13.2. The summed E-state index contributed by atoms with van der Waals surface area (Å²) in [5.74, 6) is 0. The van der Waals surface area contributed by atoms with Gasteiger partial charge in [0, 0.05) is 32.7 Å². The molecular weight excluding hydrogens is 328 g/mol. The SMILES string of the molecule is Cc1ccsc1C(CN)N(C)Cc1cc(Br)cs1. The van der Waals surface area contributed by atoms with Crippen molar-refractivity contribution in [3.05, 3.63) is 42.7 Å². The molecule has 18 heavy (non-hydrogen) atoms. The fourth-order valence-electron chi connectivity index (χ4n) is 2.01. The molecule has 0 aromatic carbocycles. The third-order valence-corrected chi connectivity index (χ3v) is 5.79. The van der Waals surface area contributed by atoms with E-state index in [0.29, 0.717) is 12.6 Å². The number of thiophene rings is 2. The molecule has 0 fully saturated rings. The molecule has 0 saturated heterocycles. The number of aryl methyl sites for hydroxylation is 1. The summed E-state index contributed by atoms with van der Waals surface area (Å²) in [7, 11) is 2.14. The molecule has 2 N–H and O–H groups in total. The molecule has 0 aliphatic heterocycles. The monoisotopic (exact) mass is 344 g/mol. The second-order valence-corrected chi connectivity index (χ2v) is 7.22. The van der Waals surface area contributed by atoms with Crippen LogP contribution in [0.2, 0.25) is 0 Å². The number of hydrogen-bond acceptors (Lipinski definition) is 4. The Morgan fingerprint density at radius 1 is 1.44 bits per heavy atom. The fraction of sp³-hybridized carbons (Fsp3) is 0.385. The van der Waals surface area contributed by atoms with Gasteiger partial charge in [0.15, 0.2) is 0 Å². The predicted octanol–water partition coefficient (Wildman–Crippen LogP) is 4.01. The van der Waals surface area contributed by atoms with Gasteiger partial charge in [-0.25, -0.2) is 0 Å². The van der Waals surface area contributed by atoms with E-state index in [9.17, 15) is 0 Å². The Morgan fingerprint density at radius 2 is 2.22 bits per heavy atom. The van der Waals surface area contributed by atoms with Gasteiger partial charge in [0.2, 0.25) is 0 Å². The standard InChI is InChI=1S/C13H17BrN2S2/c1-9-3-4-17-13(9)12(6-15)16(2)7-11-5-10(14)8-18-11/h3-5,8,12H,6-7,15H2,1-2H3. The zero-order valence-corrected chi connectivity index (χ0v) is 13.7. The van der Waals surface area contributed by atoms with Gasteiger partial charge in [0.1, 0.15) is 0 Å². The summed E-state index contributed by atoms with van der Waals surface area (Å²) in [6, 6.07) is 4.65. The topological polar surface area (TPSA) is 29.3 Å². The van der Waals surface area contributed by atoms with Crippen LogP contribution in [0, 0.1) is 6.92 Å². The Balaban J connectivity index is 2.11. The minimum absolute atomic E-state index is 0.311. The van der Waals surface area contributed by atoms with Crippen LogP contribution in [0.15, 0.2) is 27.4 Å². The first kappa shape index (κ1) is 14.2. The highest BCUT2D eigenvalue weighted by molar-refractivity contribution is 9.10. The number of rotatable bonds is 5. The maximum absolute atomic E-state index is 5.95. The van der Waals surface area contributed by atoms with Crippen molar-refractivity contribution in [2.24, 2.45) is 5.73 Å². The van der Waals surface area contributed by atoms with Crippen molar-refractivity contribution in [1.29, 1.82) is 0 Å². The molecule has 0 radical (unpaired) electrons. The molecule has 2 aromatic rings. The molecule has 2 aromatic heterocycles. The van der Waals surface area contributed by atoms with Gasteiger partial charge in [-0.3, -0.25) is 4.90 Å². The van der Waals surface area contributed by atoms with Crippen LogP contribution in [0.25, 0.3) is 0 Å². The Morgan fingerprint density at radius 3 is 2.72 bits per heavy atom. The highest BCUT2D eigenvalue weighted by Gasteiger charge is 2.19. The molecule has 5 heteroatoms. The van der Waals surface area contributed by atoms with E-state index in [-0.39, 0.29) is 0 Å². The highest BCUT2D eigenvalue weighted by Crippen LogP contribution is 2.29. The van der Waals surface area contributed by atoms with Crippen molar-refractivity contribution in [2.75, 3.05) is 13.6 Å².